The van der Waals surface area contributed by atoms with E-state index in [-0.39, 0.29) is 23.7 Å². The van der Waals surface area contributed by atoms with Crippen molar-refractivity contribution in [1.29, 1.82) is 0 Å². The van der Waals surface area contributed by atoms with Gasteiger partial charge in [0.05, 0.1) is 5.92 Å². The highest BCUT2D eigenvalue weighted by Crippen LogP contribution is 2.34. The maximum Gasteiger partial charge on any atom is 0.417 e. The molecule has 1 saturated heterocycles. The Labute approximate surface area is 197 Å². The highest BCUT2D eigenvalue weighted by Gasteiger charge is 2.49. The molecule has 0 aliphatic carbocycles. The molecule has 0 spiro atoms. The zero-order valence-electron chi connectivity index (χ0n) is 20.5. The van der Waals surface area contributed by atoms with E-state index in [2.05, 4.69) is 36.4 Å². The molecule has 0 saturated carbocycles. The van der Waals surface area contributed by atoms with Gasteiger partial charge < -0.3 is 4.74 Å². The zero-order chi connectivity index (χ0) is 24.3. The number of carbonyl (C=O) groups excluding carboxylic acids is 3. The van der Waals surface area contributed by atoms with Crippen LogP contribution >= 0.6 is 0 Å². The van der Waals surface area contributed by atoms with E-state index in [4.69, 9.17) is 4.74 Å². The molecule has 33 heavy (non-hydrogen) atoms. The van der Waals surface area contributed by atoms with Crippen LogP contribution in [0, 0.1) is 17.8 Å². The molecule has 0 radical (unpaired) electrons. The summed E-state index contributed by atoms with van der Waals surface area (Å²) in [5, 5.41) is 0. The Morgan fingerprint density at radius 3 is 2.09 bits per heavy atom. The van der Waals surface area contributed by atoms with Crippen molar-refractivity contribution in [2.24, 2.45) is 17.8 Å². The second-order valence-corrected chi connectivity index (χ2v) is 10.3. The number of rotatable bonds is 6. The van der Waals surface area contributed by atoms with Gasteiger partial charge in [0.1, 0.15) is 11.4 Å². The number of imide groups is 1. The predicted molar refractivity (Wildman–Crippen MR) is 130 cm³/mol. The maximum absolute atomic E-state index is 13.2. The van der Waals surface area contributed by atoms with E-state index in [1.807, 2.05) is 25.1 Å². The fourth-order valence-electron chi connectivity index (χ4n) is 4.41. The van der Waals surface area contributed by atoms with Crippen LogP contribution in [0.2, 0.25) is 0 Å². The topological polar surface area (TPSA) is 63.7 Å². The van der Waals surface area contributed by atoms with Gasteiger partial charge in [0.2, 0.25) is 5.91 Å². The lowest BCUT2D eigenvalue weighted by Crippen LogP contribution is -2.45. The summed E-state index contributed by atoms with van der Waals surface area (Å²) < 4.78 is 5.53. The molecule has 1 aliphatic rings. The quantitative estimate of drug-likeness (QED) is 0.514. The van der Waals surface area contributed by atoms with Gasteiger partial charge in [-0.15, -0.1) is 0 Å². The van der Waals surface area contributed by atoms with Crippen molar-refractivity contribution in [1.82, 2.24) is 4.90 Å². The molecule has 3 rings (SSSR count). The van der Waals surface area contributed by atoms with E-state index in [1.54, 1.807) is 34.6 Å². The molecule has 2 amide bonds. The smallest absolute Gasteiger partial charge is 0.417 e. The van der Waals surface area contributed by atoms with Crippen LogP contribution in [0.25, 0.3) is 11.1 Å². The summed E-state index contributed by atoms with van der Waals surface area (Å²) in [6.07, 6.45) is 0.371. The molecule has 0 aromatic heterocycles. The lowest BCUT2D eigenvalue weighted by atomic mass is 9.87. The third kappa shape index (κ3) is 5.89. The van der Waals surface area contributed by atoms with Crippen molar-refractivity contribution in [2.75, 3.05) is 0 Å². The lowest BCUT2D eigenvalue weighted by Gasteiger charge is -2.30. The maximum atomic E-state index is 13.2. The van der Waals surface area contributed by atoms with E-state index in [9.17, 15) is 14.4 Å². The average molecular weight is 450 g/mol. The summed E-state index contributed by atoms with van der Waals surface area (Å²) in [4.78, 5) is 40.0. The summed E-state index contributed by atoms with van der Waals surface area (Å²) in [6, 6.07) is 18.2. The molecule has 1 heterocycles. The van der Waals surface area contributed by atoms with Gasteiger partial charge in [-0.05, 0) is 56.2 Å². The number of hydrogen-bond acceptors (Lipinski definition) is 4. The minimum atomic E-state index is -0.787. The van der Waals surface area contributed by atoms with Gasteiger partial charge in [-0.3, -0.25) is 9.59 Å². The van der Waals surface area contributed by atoms with E-state index < -0.39 is 23.5 Å². The molecule has 3 unspecified atom stereocenters. The van der Waals surface area contributed by atoms with Crippen LogP contribution in [0.1, 0.15) is 53.5 Å². The molecule has 2 aromatic carbocycles. The molecule has 5 nitrogen and oxygen atoms in total. The Hall–Kier alpha value is -2.95. The van der Waals surface area contributed by atoms with E-state index in [0.29, 0.717) is 12.8 Å². The Kier molecular flexibility index (Phi) is 7.41. The number of carbonyl (C=O) groups is 3. The van der Waals surface area contributed by atoms with Crippen LogP contribution in [0.5, 0.6) is 0 Å². The van der Waals surface area contributed by atoms with Crippen LogP contribution in [0.3, 0.4) is 0 Å². The van der Waals surface area contributed by atoms with Crippen LogP contribution in [-0.4, -0.2) is 34.3 Å². The van der Waals surface area contributed by atoms with Crippen molar-refractivity contribution in [3.05, 3.63) is 60.2 Å². The number of nitrogens with zero attached hydrogens (tertiary/aromatic N) is 1. The Balaban J connectivity index is 1.80. The van der Waals surface area contributed by atoms with Crippen molar-refractivity contribution < 1.29 is 19.1 Å². The molecule has 5 heteroatoms. The summed E-state index contributed by atoms with van der Waals surface area (Å²) >= 11 is 0. The number of Topliss-reactive ketones (excluding diaryl/α,β-unsaturated/α-hetero) is 1. The highest BCUT2D eigenvalue weighted by atomic mass is 16.6. The SMILES string of the molecule is CC(C)C(=O)C1CC(C(C)Cc2ccc(-c3ccccc3)cc2)N(C(=O)OC(C)(C)C)C1=O. The summed E-state index contributed by atoms with van der Waals surface area (Å²) in [5.74, 6) is -1.62. The first-order valence-corrected chi connectivity index (χ1v) is 11.7. The number of ether oxygens (including phenoxy) is 1. The minimum Gasteiger partial charge on any atom is -0.443 e. The largest absolute Gasteiger partial charge is 0.443 e. The van der Waals surface area contributed by atoms with E-state index in [0.717, 1.165) is 16.7 Å². The fourth-order valence-corrected chi connectivity index (χ4v) is 4.41. The normalized spacial score (nSPS) is 19.6. The lowest BCUT2D eigenvalue weighted by molar-refractivity contribution is -0.138. The second kappa shape index (κ2) is 9.90. The van der Waals surface area contributed by atoms with Crippen LogP contribution < -0.4 is 0 Å². The third-order valence-corrected chi connectivity index (χ3v) is 6.12. The Morgan fingerprint density at radius 1 is 0.970 bits per heavy atom. The molecular formula is C28H35NO4. The number of ketones is 1. The molecule has 0 bridgehead atoms. The van der Waals surface area contributed by atoms with Crippen LogP contribution in [0.15, 0.2) is 54.6 Å². The van der Waals surface area contributed by atoms with Crippen LogP contribution in [-0.2, 0) is 20.7 Å². The van der Waals surface area contributed by atoms with Gasteiger partial charge in [-0.2, -0.15) is 0 Å². The third-order valence-electron chi connectivity index (χ3n) is 6.12. The number of amides is 2. The van der Waals surface area contributed by atoms with E-state index in [1.165, 1.54) is 4.90 Å². The van der Waals surface area contributed by atoms with Crippen molar-refractivity contribution in [3.63, 3.8) is 0 Å². The summed E-state index contributed by atoms with van der Waals surface area (Å²) in [5.41, 5.74) is 2.70. The fraction of sp³-hybridized carbons (Fsp3) is 0.464. The molecule has 1 fully saturated rings. The first-order chi connectivity index (χ1) is 15.5. The summed E-state index contributed by atoms with van der Waals surface area (Å²) in [7, 11) is 0. The molecule has 0 N–H and O–H groups in total. The molecule has 1 aliphatic heterocycles. The van der Waals surface area contributed by atoms with Crippen molar-refractivity contribution >= 4 is 17.8 Å². The summed E-state index contributed by atoms with van der Waals surface area (Å²) in [6.45, 7) is 10.9. The van der Waals surface area contributed by atoms with Gasteiger partial charge in [0.25, 0.3) is 0 Å². The average Bonchev–Trinajstić information content (AvgIpc) is 3.10. The Bertz CT molecular complexity index is 989. The standard InChI is InChI=1S/C28H35NO4/c1-18(2)25(30)23-17-24(29(26(23)31)27(32)33-28(4,5)6)19(3)16-20-12-14-22(15-13-20)21-10-8-7-9-11-21/h7-15,18-19,23-24H,16-17H2,1-6H3. The monoisotopic (exact) mass is 449 g/mol. The van der Waals surface area contributed by atoms with Gasteiger partial charge in [-0.1, -0.05) is 75.4 Å². The van der Waals surface area contributed by atoms with Crippen molar-refractivity contribution in [3.8, 4) is 11.1 Å². The first-order valence-electron chi connectivity index (χ1n) is 11.7. The number of likely N-dealkylation sites (tertiary alicyclic amines) is 1. The van der Waals surface area contributed by atoms with Gasteiger partial charge in [0, 0.05) is 12.0 Å². The van der Waals surface area contributed by atoms with Gasteiger partial charge >= 0.3 is 6.09 Å². The zero-order valence-corrected chi connectivity index (χ0v) is 20.5. The van der Waals surface area contributed by atoms with E-state index >= 15 is 0 Å². The Morgan fingerprint density at radius 2 is 1.55 bits per heavy atom. The predicted octanol–water partition coefficient (Wildman–Crippen LogP) is 5.91. The molecular weight excluding hydrogens is 414 g/mol. The minimum absolute atomic E-state index is 0.0194. The first kappa shape index (κ1) is 24.7. The number of benzene rings is 2. The van der Waals surface area contributed by atoms with Crippen molar-refractivity contribution in [2.45, 2.75) is 66.0 Å². The highest BCUT2D eigenvalue weighted by molar-refractivity contribution is 6.08. The van der Waals surface area contributed by atoms with Crippen LogP contribution in [0.4, 0.5) is 4.79 Å². The van der Waals surface area contributed by atoms with Gasteiger partial charge in [-0.25, -0.2) is 9.69 Å². The number of hydrogen-bond donors (Lipinski definition) is 0. The molecule has 176 valence electrons. The molecule has 3 atom stereocenters. The molecule has 2 aromatic rings. The van der Waals surface area contributed by atoms with Gasteiger partial charge in [0.15, 0.2) is 0 Å². The second-order valence-electron chi connectivity index (χ2n) is 10.3.